The third-order valence-electron chi connectivity index (χ3n) is 1.82. The van der Waals surface area contributed by atoms with E-state index in [9.17, 15) is 0 Å². The fourth-order valence-electron chi connectivity index (χ4n) is 1.26. The molecule has 58 valence electrons. The van der Waals surface area contributed by atoms with E-state index in [1.54, 1.807) is 0 Å². The summed E-state index contributed by atoms with van der Waals surface area (Å²) >= 11 is 3.41. The molecule has 1 nitrogen and oxygen atoms in total. The van der Waals surface area contributed by atoms with Gasteiger partial charge in [0, 0.05) is 0 Å². The van der Waals surface area contributed by atoms with Crippen molar-refractivity contribution in [3.05, 3.63) is 41.5 Å². The van der Waals surface area contributed by atoms with Gasteiger partial charge >= 0.3 is 0 Å². The first-order valence-electron chi connectivity index (χ1n) is 3.63. The summed E-state index contributed by atoms with van der Waals surface area (Å²) in [6.07, 6.45) is 6.93. The van der Waals surface area contributed by atoms with E-state index in [0.29, 0.717) is 0 Å². The molecule has 0 unspecified atom stereocenters. The molecule has 12 heavy (non-hydrogen) atoms. The quantitative estimate of drug-likeness (QED) is 0.529. The van der Waals surface area contributed by atoms with Crippen LogP contribution < -0.4 is 5.73 Å². The van der Waals surface area contributed by atoms with Crippen LogP contribution in [0.2, 0.25) is 0 Å². The lowest BCUT2D eigenvalue weighted by atomic mass is 10.0. The Bertz CT molecular complexity index is 377. The molecule has 0 bridgehead atoms. The van der Waals surface area contributed by atoms with Gasteiger partial charge in [-0.25, -0.2) is 0 Å². The lowest BCUT2D eigenvalue weighted by molar-refractivity contribution is 1.57. The zero-order chi connectivity index (χ0) is 8.55. The van der Waals surface area contributed by atoms with E-state index in [0.717, 1.165) is 21.3 Å². The smallest absolute Gasteiger partial charge is 0.191 e. The Morgan fingerprint density at radius 2 is 2.17 bits per heavy atom. The number of benzene rings is 1. The van der Waals surface area contributed by atoms with E-state index in [4.69, 9.17) is 5.73 Å². The van der Waals surface area contributed by atoms with E-state index in [1.165, 1.54) is 0 Å². The van der Waals surface area contributed by atoms with Crippen LogP contribution in [0, 0.1) is 6.08 Å². The molecule has 0 spiro atoms. The van der Waals surface area contributed by atoms with Crippen LogP contribution in [0.3, 0.4) is 0 Å². The fourth-order valence-corrected chi connectivity index (χ4v) is 1.85. The summed E-state index contributed by atoms with van der Waals surface area (Å²) in [6.45, 7) is 0. The second kappa shape index (κ2) is 2.74. The first kappa shape index (κ1) is 7.53. The van der Waals surface area contributed by atoms with E-state index in [-0.39, 0.29) is 0 Å². The van der Waals surface area contributed by atoms with Crippen molar-refractivity contribution < 1.29 is 0 Å². The van der Waals surface area contributed by atoms with Crippen molar-refractivity contribution in [2.75, 3.05) is 5.73 Å². The zero-order valence-corrected chi connectivity index (χ0v) is 7.93. The molecule has 1 aromatic carbocycles. The summed E-state index contributed by atoms with van der Waals surface area (Å²) in [5.74, 6) is 0. The Morgan fingerprint density at radius 1 is 1.33 bits per heavy atom. The summed E-state index contributed by atoms with van der Waals surface area (Å²) in [5, 5.41) is 0. The Labute approximate surface area is 79.7 Å². The van der Waals surface area contributed by atoms with Crippen molar-refractivity contribution in [3.8, 4) is 0 Å². The maximum absolute atomic E-state index is 5.81. The molecule has 0 aromatic heterocycles. The van der Waals surface area contributed by atoms with Gasteiger partial charge in [-0.15, -0.1) is 0 Å². The highest BCUT2D eigenvalue weighted by Crippen LogP contribution is 2.32. The largest absolute Gasteiger partial charge is 0.387 e. The number of hydrogen-bond donors (Lipinski definition) is 1. The molecule has 2 rings (SSSR count). The van der Waals surface area contributed by atoms with Gasteiger partial charge in [-0.05, 0) is 28.1 Å². The van der Waals surface area contributed by atoms with Gasteiger partial charge in [0.25, 0.3) is 0 Å². The maximum atomic E-state index is 5.81. The summed E-state index contributed by atoms with van der Waals surface area (Å²) in [7, 11) is 0. The van der Waals surface area contributed by atoms with Crippen LogP contribution in [0.1, 0.15) is 11.1 Å². The lowest BCUT2D eigenvalue weighted by Gasteiger charge is -2.01. The predicted molar refractivity (Wildman–Crippen MR) is 55.5 cm³/mol. The molecule has 0 heterocycles. The minimum atomic E-state index is 0.788. The normalized spacial score (nSPS) is 13.2. The number of nitrogen functional groups attached to an aromatic ring is 1. The Balaban J connectivity index is 2.73. The third kappa shape index (κ3) is 1.06. The maximum Gasteiger partial charge on any atom is 0.191 e. The molecule has 1 aliphatic rings. The minimum absolute atomic E-state index is 0.788. The molecule has 0 amide bonds. The Morgan fingerprint density at radius 3 is 2.92 bits per heavy atom. The number of fused-ring (bicyclic) bond motifs is 1. The lowest BCUT2D eigenvalue weighted by Crippen LogP contribution is -1.95. The van der Waals surface area contributed by atoms with Gasteiger partial charge in [0.05, 0.1) is 23.4 Å². The van der Waals surface area contributed by atoms with Gasteiger partial charge in [-0.1, -0.05) is 6.07 Å². The highest BCUT2D eigenvalue weighted by atomic mass is 79.9. The topological polar surface area (TPSA) is 26.0 Å². The van der Waals surface area contributed by atoms with Crippen LogP contribution in [0.5, 0.6) is 0 Å². The molecule has 0 saturated heterocycles. The molecule has 2 N–H and O–H groups in total. The van der Waals surface area contributed by atoms with Crippen molar-refractivity contribution in [1.82, 2.24) is 0 Å². The summed E-state index contributed by atoms with van der Waals surface area (Å²) < 4.78 is 0.929. The van der Waals surface area contributed by atoms with Crippen LogP contribution in [0.15, 0.2) is 24.3 Å². The number of nitrogens with two attached hydrogens (primary N) is 1. The van der Waals surface area contributed by atoms with Crippen LogP contribution in [0.4, 0.5) is 5.69 Å². The average molecular weight is 221 g/mol. The van der Waals surface area contributed by atoms with Crippen molar-refractivity contribution in [1.29, 1.82) is 0 Å². The molecule has 2 heteroatoms. The van der Waals surface area contributed by atoms with E-state index in [2.05, 4.69) is 22.0 Å². The second-order valence-corrected chi connectivity index (χ2v) is 3.40. The van der Waals surface area contributed by atoms with Crippen LogP contribution >= 0.6 is 15.9 Å². The van der Waals surface area contributed by atoms with E-state index in [1.807, 2.05) is 30.4 Å². The molecule has 0 fully saturated rings. The van der Waals surface area contributed by atoms with Gasteiger partial charge in [-0.3, -0.25) is 0 Å². The number of halogens is 1. The molecular weight excluding hydrogens is 214 g/mol. The Kier molecular flexibility index (Phi) is 1.72. The first-order valence-corrected chi connectivity index (χ1v) is 4.43. The average Bonchev–Trinajstić information content (AvgIpc) is 2.04. The number of hydrogen-bond acceptors (Lipinski definition) is 1. The molecular formula is C10H7BrN+. The minimum Gasteiger partial charge on any atom is -0.387 e. The molecule has 0 aliphatic heterocycles. The van der Waals surface area contributed by atoms with Crippen molar-refractivity contribution in [2.45, 2.75) is 0 Å². The van der Waals surface area contributed by atoms with Gasteiger partial charge in [0.15, 0.2) is 4.48 Å². The third-order valence-corrected chi connectivity index (χ3v) is 2.45. The zero-order valence-electron chi connectivity index (χ0n) is 6.34. The van der Waals surface area contributed by atoms with Crippen LogP contribution in [-0.4, -0.2) is 0 Å². The van der Waals surface area contributed by atoms with E-state index >= 15 is 0 Å². The SMILES string of the molecule is Nc1cccc2c1C(Br)=[C+]C=C2. The monoisotopic (exact) mass is 220 g/mol. The van der Waals surface area contributed by atoms with Gasteiger partial charge in [0.2, 0.25) is 0 Å². The van der Waals surface area contributed by atoms with Gasteiger partial charge in [-0.2, -0.15) is 0 Å². The summed E-state index contributed by atoms with van der Waals surface area (Å²) in [5.41, 5.74) is 8.78. The summed E-state index contributed by atoms with van der Waals surface area (Å²) in [4.78, 5) is 0. The molecule has 1 aliphatic carbocycles. The Hall–Kier alpha value is -1.11. The number of allylic oxidation sites excluding steroid dienone is 2. The highest BCUT2D eigenvalue weighted by Gasteiger charge is 2.19. The van der Waals surface area contributed by atoms with Crippen molar-refractivity contribution >= 4 is 32.2 Å². The standard InChI is InChI=1S/C10H7BrN/c11-8-5-1-3-7-4-2-6-9(12)10(7)8/h1-4,6H,12H2/q+1. The van der Waals surface area contributed by atoms with Crippen molar-refractivity contribution in [2.24, 2.45) is 0 Å². The first-order chi connectivity index (χ1) is 5.79. The highest BCUT2D eigenvalue weighted by molar-refractivity contribution is 9.15. The predicted octanol–water partition coefficient (Wildman–Crippen LogP) is 2.83. The van der Waals surface area contributed by atoms with Crippen molar-refractivity contribution in [3.63, 3.8) is 0 Å². The molecule has 0 saturated carbocycles. The fraction of sp³-hybridized carbons (Fsp3) is 0. The van der Waals surface area contributed by atoms with Crippen LogP contribution in [-0.2, 0) is 0 Å². The second-order valence-electron chi connectivity index (χ2n) is 2.60. The number of rotatable bonds is 0. The molecule has 0 atom stereocenters. The molecule has 1 aromatic rings. The number of anilines is 1. The van der Waals surface area contributed by atoms with Crippen LogP contribution in [0.25, 0.3) is 10.6 Å². The van der Waals surface area contributed by atoms with Gasteiger partial charge in [0.1, 0.15) is 11.6 Å². The van der Waals surface area contributed by atoms with Gasteiger partial charge < -0.3 is 5.73 Å². The van der Waals surface area contributed by atoms with E-state index < -0.39 is 0 Å². The summed E-state index contributed by atoms with van der Waals surface area (Å²) in [6, 6.07) is 5.87. The molecule has 0 radical (unpaired) electrons.